The van der Waals surface area contributed by atoms with E-state index in [9.17, 15) is 17.6 Å². The largest absolute Gasteiger partial charge is 0.419 e. The van der Waals surface area contributed by atoms with Gasteiger partial charge in [-0.15, -0.1) is 0 Å². The molecule has 0 bridgehead atoms. The van der Waals surface area contributed by atoms with Gasteiger partial charge in [-0.1, -0.05) is 46.8 Å². The molecular weight excluding hydrogens is 232 g/mol. The van der Waals surface area contributed by atoms with Crippen molar-refractivity contribution in [2.24, 2.45) is 0 Å². The average Bonchev–Trinajstić information content (AvgIpc) is 2.17. The molecule has 0 saturated carbocycles. The summed E-state index contributed by atoms with van der Waals surface area (Å²) < 4.78 is 51.0. The van der Waals surface area contributed by atoms with Crippen molar-refractivity contribution in [3.05, 3.63) is 35.1 Å². The van der Waals surface area contributed by atoms with Gasteiger partial charge in [0, 0.05) is 0 Å². The maximum absolute atomic E-state index is 13.2. The van der Waals surface area contributed by atoms with Gasteiger partial charge in [0.05, 0.1) is 5.56 Å². The average molecular weight is 250 g/mol. The quantitative estimate of drug-likeness (QED) is 0.557. The van der Waals surface area contributed by atoms with Crippen LogP contribution in [0.25, 0.3) is 0 Å². The van der Waals surface area contributed by atoms with Gasteiger partial charge in [-0.2, -0.15) is 13.2 Å². The van der Waals surface area contributed by atoms with E-state index in [0.29, 0.717) is 0 Å². The van der Waals surface area contributed by atoms with Crippen molar-refractivity contribution in [2.45, 2.75) is 46.2 Å². The second-order valence-electron chi connectivity index (χ2n) is 4.41. The molecule has 1 rings (SSSR count). The van der Waals surface area contributed by atoms with Crippen molar-refractivity contribution in [3.63, 3.8) is 0 Å². The SMILES string of the molecule is CC.CC(C)(C)c1cccc(F)c1C(F)(F)F. The van der Waals surface area contributed by atoms with Crippen LogP contribution in [-0.4, -0.2) is 0 Å². The third-order valence-corrected chi connectivity index (χ3v) is 2.11. The lowest BCUT2D eigenvalue weighted by molar-refractivity contribution is -0.141. The van der Waals surface area contributed by atoms with Gasteiger partial charge in [0.2, 0.25) is 0 Å². The first-order valence-electron chi connectivity index (χ1n) is 5.50. The number of hydrogen-bond acceptors (Lipinski definition) is 0. The smallest absolute Gasteiger partial charge is 0.206 e. The Labute approximate surface area is 99.7 Å². The summed E-state index contributed by atoms with van der Waals surface area (Å²) in [5.41, 5.74) is -1.90. The third-order valence-electron chi connectivity index (χ3n) is 2.11. The van der Waals surface area contributed by atoms with Crippen molar-refractivity contribution in [2.75, 3.05) is 0 Å². The molecule has 17 heavy (non-hydrogen) atoms. The van der Waals surface area contributed by atoms with Gasteiger partial charge in [0.1, 0.15) is 5.82 Å². The highest BCUT2D eigenvalue weighted by molar-refractivity contribution is 5.36. The third kappa shape index (κ3) is 4.02. The molecule has 4 heteroatoms. The summed E-state index contributed by atoms with van der Waals surface area (Å²) in [6, 6.07) is 3.44. The zero-order valence-electron chi connectivity index (χ0n) is 10.7. The first-order chi connectivity index (χ1) is 7.64. The van der Waals surface area contributed by atoms with Crippen LogP contribution in [0.2, 0.25) is 0 Å². The van der Waals surface area contributed by atoms with Gasteiger partial charge in [0.25, 0.3) is 0 Å². The van der Waals surface area contributed by atoms with E-state index in [-0.39, 0.29) is 5.56 Å². The molecule has 0 nitrogen and oxygen atoms in total. The molecule has 0 heterocycles. The summed E-state index contributed by atoms with van der Waals surface area (Å²) in [6.45, 7) is 8.87. The minimum Gasteiger partial charge on any atom is -0.206 e. The standard InChI is InChI=1S/C11H12F4.C2H6/c1-10(2,3)7-5-4-6-8(12)9(7)11(13,14)15;1-2/h4-6H,1-3H3;1-2H3. The van der Waals surface area contributed by atoms with Gasteiger partial charge < -0.3 is 0 Å². The van der Waals surface area contributed by atoms with Gasteiger partial charge in [-0.25, -0.2) is 4.39 Å². The fourth-order valence-electron chi connectivity index (χ4n) is 1.44. The van der Waals surface area contributed by atoms with Crippen LogP contribution < -0.4 is 0 Å². The first kappa shape index (κ1) is 15.9. The fraction of sp³-hybridized carbons (Fsp3) is 0.538. The second kappa shape index (κ2) is 5.52. The van der Waals surface area contributed by atoms with E-state index < -0.39 is 23.0 Å². The Morgan fingerprint density at radius 3 is 1.71 bits per heavy atom. The molecule has 0 fully saturated rings. The van der Waals surface area contributed by atoms with Crippen molar-refractivity contribution in [1.29, 1.82) is 0 Å². The van der Waals surface area contributed by atoms with Crippen LogP contribution in [0.15, 0.2) is 18.2 Å². The molecule has 0 saturated heterocycles. The van der Waals surface area contributed by atoms with Crippen LogP contribution in [0.3, 0.4) is 0 Å². The maximum atomic E-state index is 13.2. The lowest BCUT2D eigenvalue weighted by Crippen LogP contribution is -2.21. The Balaban J connectivity index is 0.00000121. The summed E-state index contributed by atoms with van der Waals surface area (Å²) in [5.74, 6) is -1.21. The Hall–Kier alpha value is -1.06. The zero-order valence-corrected chi connectivity index (χ0v) is 10.7. The molecular formula is C13H18F4. The number of hydrogen-bond donors (Lipinski definition) is 0. The predicted octanol–water partition coefficient (Wildman–Crippen LogP) is 5.17. The Morgan fingerprint density at radius 2 is 1.41 bits per heavy atom. The summed E-state index contributed by atoms with van der Waals surface area (Å²) in [5, 5.41) is 0. The Bertz CT molecular complexity index is 359. The predicted molar refractivity (Wildman–Crippen MR) is 61.5 cm³/mol. The summed E-state index contributed by atoms with van der Waals surface area (Å²) in [4.78, 5) is 0. The van der Waals surface area contributed by atoms with Crippen LogP contribution in [0.5, 0.6) is 0 Å². The highest BCUT2D eigenvalue weighted by Crippen LogP contribution is 2.38. The monoisotopic (exact) mass is 250 g/mol. The Morgan fingerprint density at radius 1 is 0.941 bits per heavy atom. The summed E-state index contributed by atoms with van der Waals surface area (Å²) in [6.07, 6.45) is -4.64. The van der Waals surface area contributed by atoms with E-state index in [1.807, 2.05) is 13.8 Å². The van der Waals surface area contributed by atoms with Crippen LogP contribution >= 0.6 is 0 Å². The summed E-state index contributed by atoms with van der Waals surface area (Å²) >= 11 is 0. The normalized spacial score (nSPS) is 11.8. The van der Waals surface area contributed by atoms with E-state index in [1.165, 1.54) is 12.1 Å². The molecule has 0 aliphatic heterocycles. The molecule has 0 atom stereocenters. The molecule has 0 amide bonds. The van der Waals surface area contributed by atoms with Crippen molar-refractivity contribution in [3.8, 4) is 0 Å². The molecule has 0 aromatic heterocycles. The fourth-order valence-corrected chi connectivity index (χ4v) is 1.44. The number of halogens is 4. The molecule has 1 aromatic carbocycles. The van der Waals surface area contributed by atoms with Gasteiger partial charge in [-0.3, -0.25) is 0 Å². The highest BCUT2D eigenvalue weighted by atomic mass is 19.4. The van der Waals surface area contributed by atoms with Gasteiger partial charge >= 0.3 is 6.18 Å². The molecule has 0 N–H and O–H groups in total. The summed E-state index contributed by atoms with van der Waals surface area (Å²) in [7, 11) is 0. The molecule has 98 valence electrons. The topological polar surface area (TPSA) is 0 Å². The number of benzene rings is 1. The van der Waals surface area contributed by atoms with Crippen LogP contribution in [0.1, 0.15) is 45.7 Å². The van der Waals surface area contributed by atoms with E-state index in [4.69, 9.17) is 0 Å². The molecule has 1 aromatic rings. The van der Waals surface area contributed by atoms with Crippen LogP contribution in [0.4, 0.5) is 17.6 Å². The lowest BCUT2D eigenvalue weighted by Gasteiger charge is -2.24. The molecule has 0 spiro atoms. The minimum atomic E-state index is -4.64. The Kier molecular flexibility index (Phi) is 5.17. The van der Waals surface area contributed by atoms with Crippen molar-refractivity contribution in [1.82, 2.24) is 0 Å². The van der Waals surface area contributed by atoms with E-state index in [0.717, 1.165) is 6.07 Å². The zero-order chi connectivity index (χ0) is 13.9. The highest BCUT2D eigenvalue weighted by Gasteiger charge is 2.39. The maximum Gasteiger partial charge on any atom is 0.419 e. The van der Waals surface area contributed by atoms with E-state index in [2.05, 4.69) is 0 Å². The van der Waals surface area contributed by atoms with Gasteiger partial charge in [0.15, 0.2) is 0 Å². The molecule has 0 aliphatic rings. The lowest BCUT2D eigenvalue weighted by atomic mass is 9.83. The van der Waals surface area contributed by atoms with Crippen LogP contribution in [-0.2, 0) is 11.6 Å². The van der Waals surface area contributed by atoms with Crippen molar-refractivity contribution < 1.29 is 17.6 Å². The van der Waals surface area contributed by atoms with E-state index >= 15 is 0 Å². The number of alkyl halides is 3. The minimum absolute atomic E-state index is 0.0185. The van der Waals surface area contributed by atoms with Gasteiger partial charge in [-0.05, 0) is 17.0 Å². The number of rotatable bonds is 0. The van der Waals surface area contributed by atoms with E-state index in [1.54, 1.807) is 20.8 Å². The van der Waals surface area contributed by atoms with Crippen LogP contribution in [0, 0.1) is 5.82 Å². The van der Waals surface area contributed by atoms with Crippen molar-refractivity contribution >= 4 is 0 Å². The second-order valence-corrected chi connectivity index (χ2v) is 4.41. The molecule has 0 aliphatic carbocycles. The molecule has 0 unspecified atom stereocenters. The first-order valence-corrected chi connectivity index (χ1v) is 5.50. The molecule has 0 radical (unpaired) electrons.